The van der Waals surface area contributed by atoms with Crippen molar-refractivity contribution in [2.75, 3.05) is 19.6 Å². The Morgan fingerprint density at radius 1 is 1.53 bits per heavy atom. The fraction of sp³-hybridized carbons (Fsp3) is 0.500. The third-order valence-corrected chi connectivity index (χ3v) is 3.20. The van der Waals surface area contributed by atoms with Crippen molar-refractivity contribution in [3.05, 3.63) is 34.8 Å². The maximum Gasteiger partial charge on any atom is 0.287 e. The monoisotopic (exact) mass is 284 g/mol. The van der Waals surface area contributed by atoms with Crippen molar-refractivity contribution < 1.29 is 9.21 Å². The van der Waals surface area contributed by atoms with Crippen molar-refractivity contribution in [2.24, 2.45) is 0 Å². The molecule has 1 aliphatic heterocycles. The molecule has 106 valence electrons. The van der Waals surface area contributed by atoms with Gasteiger partial charge in [-0.05, 0) is 31.5 Å². The molecular weight excluding hydrogens is 264 g/mol. The van der Waals surface area contributed by atoms with Crippen LogP contribution in [0.1, 0.15) is 35.2 Å². The molecule has 4 nitrogen and oxygen atoms in total. The van der Waals surface area contributed by atoms with Gasteiger partial charge in [-0.1, -0.05) is 18.6 Å². The Labute approximate surface area is 120 Å². The summed E-state index contributed by atoms with van der Waals surface area (Å²) >= 11 is 0. The topological polar surface area (TPSA) is 54.3 Å². The lowest BCUT2D eigenvalue weighted by Crippen LogP contribution is -2.29. The van der Waals surface area contributed by atoms with Gasteiger partial charge < -0.3 is 15.1 Å². The lowest BCUT2D eigenvalue weighted by molar-refractivity contribution is 0.0927. The van der Waals surface area contributed by atoms with Crippen LogP contribution in [-0.2, 0) is 6.42 Å². The lowest BCUT2D eigenvalue weighted by Gasteiger charge is -2.14. The Balaban J connectivity index is 0.00000180. The first-order chi connectivity index (χ1) is 8.70. The SMILES string of the molecule is CCc1oc(C(=O)NCC2=CCNCC2)cc1C.Cl. The van der Waals surface area contributed by atoms with E-state index in [4.69, 9.17) is 4.42 Å². The molecule has 1 aromatic heterocycles. The third kappa shape index (κ3) is 4.11. The standard InChI is InChI=1S/C14H20N2O2.ClH/c1-3-12-10(2)8-13(18-12)14(17)16-9-11-4-6-15-7-5-11;/h4,8,15H,3,5-7,9H2,1-2H3,(H,16,17);1H. The van der Waals surface area contributed by atoms with Crippen molar-refractivity contribution in [1.29, 1.82) is 0 Å². The van der Waals surface area contributed by atoms with Crippen LogP contribution in [0.3, 0.4) is 0 Å². The minimum atomic E-state index is -0.128. The van der Waals surface area contributed by atoms with E-state index < -0.39 is 0 Å². The summed E-state index contributed by atoms with van der Waals surface area (Å²) in [5.41, 5.74) is 2.32. The number of rotatable bonds is 4. The van der Waals surface area contributed by atoms with Gasteiger partial charge in [-0.2, -0.15) is 0 Å². The van der Waals surface area contributed by atoms with E-state index in [0.29, 0.717) is 12.3 Å². The van der Waals surface area contributed by atoms with Gasteiger partial charge in [0.05, 0.1) is 0 Å². The normalized spacial score (nSPS) is 14.5. The first-order valence-corrected chi connectivity index (χ1v) is 6.47. The number of furan rings is 1. The van der Waals surface area contributed by atoms with E-state index >= 15 is 0 Å². The summed E-state index contributed by atoms with van der Waals surface area (Å²) in [4.78, 5) is 11.9. The quantitative estimate of drug-likeness (QED) is 0.834. The largest absolute Gasteiger partial charge is 0.456 e. The highest BCUT2D eigenvalue weighted by molar-refractivity contribution is 5.91. The Morgan fingerprint density at radius 3 is 2.89 bits per heavy atom. The van der Waals surface area contributed by atoms with E-state index in [2.05, 4.69) is 16.7 Å². The van der Waals surface area contributed by atoms with Gasteiger partial charge in [-0.3, -0.25) is 4.79 Å². The van der Waals surface area contributed by atoms with Gasteiger partial charge in [-0.15, -0.1) is 12.4 Å². The molecule has 0 spiro atoms. The molecule has 0 aliphatic carbocycles. The lowest BCUT2D eigenvalue weighted by atomic mass is 10.1. The van der Waals surface area contributed by atoms with Crippen molar-refractivity contribution in [3.8, 4) is 0 Å². The number of carbonyl (C=O) groups excluding carboxylic acids is 1. The van der Waals surface area contributed by atoms with Gasteiger partial charge in [0.1, 0.15) is 5.76 Å². The van der Waals surface area contributed by atoms with E-state index in [1.807, 2.05) is 19.9 Å². The molecule has 0 bridgehead atoms. The second kappa shape index (κ2) is 7.36. The molecule has 1 amide bonds. The number of nitrogens with one attached hydrogen (secondary N) is 2. The summed E-state index contributed by atoms with van der Waals surface area (Å²) in [6.07, 6.45) is 3.95. The average molecular weight is 285 g/mol. The van der Waals surface area contributed by atoms with Crippen LogP contribution in [0.5, 0.6) is 0 Å². The van der Waals surface area contributed by atoms with Crippen molar-refractivity contribution in [3.63, 3.8) is 0 Å². The van der Waals surface area contributed by atoms with Gasteiger partial charge in [-0.25, -0.2) is 0 Å². The smallest absolute Gasteiger partial charge is 0.287 e. The van der Waals surface area contributed by atoms with Crippen LogP contribution in [0.2, 0.25) is 0 Å². The van der Waals surface area contributed by atoms with Crippen LogP contribution in [0.15, 0.2) is 22.1 Å². The Morgan fingerprint density at radius 2 is 2.32 bits per heavy atom. The Kier molecular flexibility index (Phi) is 6.12. The number of halogens is 1. The minimum absolute atomic E-state index is 0. The van der Waals surface area contributed by atoms with Crippen LogP contribution in [-0.4, -0.2) is 25.5 Å². The maximum atomic E-state index is 11.9. The molecule has 0 radical (unpaired) electrons. The third-order valence-electron chi connectivity index (χ3n) is 3.20. The Hall–Kier alpha value is -1.26. The zero-order valence-electron chi connectivity index (χ0n) is 11.4. The predicted octanol–water partition coefficient (Wildman–Crippen LogP) is 2.22. The van der Waals surface area contributed by atoms with Crippen LogP contribution >= 0.6 is 12.4 Å². The van der Waals surface area contributed by atoms with Gasteiger partial charge >= 0.3 is 0 Å². The summed E-state index contributed by atoms with van der Waals surface area (Å²) in [7, 11) is 0. The molecule has 0 atom stereocenters. The highest BCUT2D eigenvalue weighted by Crippen LogP contribution is 2.15. The number of hydrogen-bond donors (Lipinski definition) is 2. The molecule has 19 heavy (non-hydrogen) atoms. The highest BCUT2D eigenvalue weighted by Gasteiger charge is 2.13. The van der Waals surface area contributed by atoms with Crippen LogP contribution in [0.25, 0.3) is 0 Å². The average Bonchev–Trinajstić information content (AvgIpc) is 2.78. The Bertz CT molecular complexity index is 466. The van der Waals surface area contributed by atoms with Crippen molar-refractivity contribution in [1.82, 2.24) is 10.6 Å². The zero-order chi connectivity index (χ0) is 13.0. The summed E-state index contributed by atoms with van der Waals surface area (Å²) in [6.45, 7) is 6.48. The number of amides is 1. The fourth-order valence-electron chi connectivity index (χ4n) is 2.09. The molecular formula is C14H21ClN2O2. The second-order valence-corrected chi connectivity index (χ2v) is 4.57. The molecule has 2 N–H and O–H groups in total. The molecule has 2 rings (SSSR count). The molecule has 1 aliphatic rings. The van der Waals surface area contributed by atoms with Gasteiger partial charge in [0, 0.05) is 19.5 Å². The zero-order valence-corrected chi connectivity index (χ0v) is 12.2. The summed E-state index contributed by atoms with van der Waals surface area (Å²) in [6, 6.07) is 1.81. The molecule has 5 heteroatoms. The fourth-order valence-corrected chi connectivity index (χ4v) is 2.09. The van der Waals surface area contributed by atoms with Crippen LogP contribution in [0.4, 0.5) is 0 Å². The molecule has 0 saturated heterocycles. The molecule has 1 aromatic rings. The number of aryl methyl sites for hydroxylation is 2. The van der Waals surface area contributed by atoms with E-state index in [0.717, 1.165) is 37.3 Å². The van der Waals surface area contributed by atoms with E-state index in [-0.39, 0.29) is 18.3 Å². The first-order valence-electron chi connectivity index (χ1n) is 6.47. The van der Waals surface area contributed by atoms with Crippen LogP contribution in [0, 0.1) is 6.92 Å². The van der Waals surface area contributed by atoms with Crippen LogP contribution < -0.4 is 10.6 Å². The molecule has 0 unspecified atom stereocenters. The van der Waals surface area contributed by atoms with E-state index in [9.17, 15) is 4.79 Å². The molecule has 0 aromatic carbocycles. The number of carbonyl (C=O) groups is 1. The van der Waals surface area contributed by atoms with Gasteiger partial charge in [0.25, 0.3) is 5.91 Å². The molecule has 2 heterocycles. The van der Waals surface area contributed by atoms with Gasteiger partial charge in [0.2, 0.25) is 0 Å². The molecule has 0 fully saturated rings. The number of hydrogen-bond acceptors (Lipinski definition) is 3. The highest BCUT2D eigenvalue weighted by atomic mass is 35.5. The first kappa shape index (κ1) is 15.8. The van der Waals surface area contributed by atoms with E-state index in [1.54, 1.807) is 0 Å². The minimum Gasteiger partial charge on any atom is -0.456 e. The second-order valence-electron chi connectivity index (χ2n) is 4.57. The predicted molar refractivity (Wildman–Crippen MR) is 78.0 cm³/mol. The summed E-state index contributed by atoms with van der Waals surface area (Å²) in [5, 5.41) is 6.15. The molecule has 0 saturated carbocycles. The maximum absolute atomic E-state index is 11.9. The van der Waals surface area contributed by atoms with Crippen molar-refractivity contribution >= 4 is 18.3 Å². The van der Waals surface area contributed by atoms with E-state index in [1.165, 1.54) is 5.57 Å². The summed E-state index contributed by atoms with van der Waals surface area (Å²) in [5.74, 6) is 1.18. The summed E-state index contributed by atoms with van der Waals surface area (Å²) < 4.78 is 5.52. The van der Waals surface area contributed by atoms with Crippen molar-refractivity contribution in [2.45, 2.75) is 26.7 Å². The van der Waals surface area contributed by atoms with Gasteiger partial charge in [0.15, 0.2) is 5.76 Å².